The average molecular weight is 447 g/mol. The van der Waals surface area contributed by atoms with Crippen molar-refractivity contribution in [2.24, 2.45) is 14.1 Å². The molecule has 1 atom stereocenters. The van der Waals surface area contributed by atoms with Crippen molar-refractivity contribution in [1.82, 2.24) is 23.9 Å². The molecule has 4 rings (SSSR count). The molecule has 0 radical (unpaired) electrons. The molecule has 158 valence electrons. The zero-order chi connectivity index (χ0) is 21.6. The van der Waals surface area contributed by atoms with Gasteiger partial charge in [0.15, 0.2) is 10.9 Å². The van der Waals surface area contributed by atoms with Crippen molar-refractivity contribution in [1.29, 1.82) is 0 Å². The topological polar surface area (TPSA) is 118 Å². The highest BCUT2D eigenvalue weighted by Gasteiger charge is 2.32. The van der Waals surface area contributed by atoms with Gasteiger partial charge in [-0.1, -0.05) is 17.8 Å². The fourth-order valence-electron chi connectivity index (χ4n) is 3.28. The number of nitrogens with zero attached hydrogens (tertiary/aromatic N) is 5. The molecule has 0 saturated heterocycles. The molecule has 2 N–H and O–H groups in total. The lowest BCUT2D eigenvalue weighted by molar-refractivity contribution is 0.0992. The summed E-state index contributed by atoms with van der Waals surface area (Å²) >= 11 is 2.93. The van der Waals surface area contributed by atoms with Crippen LogP contribution in [0.25, 0.3) is 0 Å². The molecule has 0 bridgehead atoms. The van der Waals surface area contributed by atoms with E-state index in [0.717, 1.165) is 27.8 Å². The number of nitrogens with two attached hydrogens (primary N) is 1. The molecular formula is C19H22N6O3S2. The third-order valence-corrected chi connectivity index (χ3v) is 7.10. The Kier molecular flexibility index (Phi) is 5.41. The van der Waals surface area contributed by atoms with Crippen LogP contribution in [0, 0.1) is 0 Å². The number of nitrogen functional groups attached to an aromatic ring is 1. The standard InChI is InChI=1S/C19H22N6O3S2/c1-10(15(26)14-16(20)23(2)19(28)24(3)17(14)27)30-18-22-21-13(25(18)11-6-7-11)9-12-5-4-8-29-12/h4-5,8,10-11H,6-7,9,20H2,1-3H3. The zero-order valence-corrected chi connectivity index (χ0v) is 18.5. The van der Waals surface area contributed by atoms with Gasteiger partial charge in [0, 0.05) is 31.4 Å². The maximum absolute atomic E-state index is 13.1. The monoisotopic (exact) mass is 446 g/mol. The van der Waals surface area contributed by atoms with Crippen LogP contribution in [0.1, 0.15) is 46.9 Å². The normalized spacial score (nSPS) is 14.8. The lowest BCUT2D eigenvalue weighted by Crippen LogP contribution is -2.42. The molecular weight excluding hydrogens is 424 g/mol. The number of thiophene rings is 1. The predicted octanol–water partition coefficient (Wildman–Crippen LogP) is 1.61. The highest BCUT2D eigenvalue weighted by atomic mass is 32.2. The Morgan fingerprint density at radius 1 is 1.30 bits per heavy atom. The maximum Gasteiger partial charge on any atom is 0.332 e. The molecule has 9 nitrogen and oxygen atoms in total. The van der Waals surface area contributed by atoms with Crippen LogP contribution in [-0.2, 0) is 20.5 Å². The fraction of sp³-hybridized carbons (Fsp3) is 0.421. The van der Waals surface area contributed by atoms with Crippen LogP contribution in [0.4, 0.5) is 5.82 Å². The van der Waals surface area contributed by atoms with Gasteiger partial charge >= 0.3 is 5.69 Å². The second kappa shape index (κ2) is 7.88. The summed E-state index contributed by atoms with van der Waals surface area (Å²) in [6, 6.07) is 4.41. The summed E-state index contributed by atoms with van der Waals surface area (Å²) in [6.07, 6.45) is 2.80. The molecule has 3 aromatic heterocycles. The smallest absolute Gasteiger partial charge is 0.332 e. The first-order valence-electron chi connectivity index (χ1n) is 9.52. The van der Waals surface area contributed by atoms with E-state index in [9.17, 15) is 14.4 Å². The van der Waals surface area contributed by atoms with E-state index in [2.05, 4.69) is 20.8 Å². The third-order valence-electron chi connectivity index (χ3n) is 5.17. The van der Waals surface area contributed by atoms with E-state index in [0.29, 0.717) is 17.6 Å². The molecule has 1 aliphatic carbocycles. The lowest BCUT2D eigenvalue weighted by Gasteiger charge is -2.15. The number of rotatable bonds is 7. The first-order valence-corrected chi connectivity index (χ1v) is 11.3. The Labute approximate surface area is 180 Å². The molecule has 0 spiro atoms. The van der Waals surface area contributed by atoms with E-state index in [-0.39, 0.29) is 11.4 Å². The summed E-state index contributed by atoms with van der Waals surface area (Å²) < 4.78 is 4.11. The summed E-state index contributed by atoms with van der Waals surface area (Å²) in [5.74, 6) is 0.320. The van der Waals surface area contributed by atoms with Crippen LogP contribution >= 0.6 is 23.1 Å². The van der Waals surface area contributed by atoms with Crippen molar-refractivity contribution < 1.29 is 4.79 Å². The minimum absolute atomic E-state index is 0.123. The molecule has 0 aromatic carbocycles. The van der Waals surface area contributed by atoms with Crippen molar-refractivity contribution in [3.8, 4) is 0 Å². The van der Waals surface area contributed by atoms with Gasteiger partial charge < -0.3 is 10.3 Å². The van der Waals surface area contributed by atoms with Crippen LogP contribution < -0.4 is 17.0 Å². The van der Waals surface area contributed by atoms with E-state index in [1.54, 1.807) is 18.3 Å². The van der Waals surface area contributed by atoms with E-state index >= 15 is 0 Å². The Morgan fingerprint density at radius 2 is 2.03 bits per heavy atom. The minimum atomic E-state index is -0.685. The molecule has 1 aliphatic rings. The summed E-state index contributed by atoms with van der Waals surface area (Å²) in [7, 11) is 2.77. The summed E-state index contributed by atoms with van der Waals surface area (Å²) in [5.41, 5.74) is 4.52. The van der Waals surface area contributed by atoms with E-state index in [4.69, 9.17) is 5.73 Å². The molecule has 11 heteroatoms. The maximum atomic E-state index is 13.1. The largest absolute Gasteiger partial charge is 0.384 e. The number of Topliss-reactive ketones (excluding diaryl/α,β-unsaturated/α-hetero) is 1. The average Bonchev–Trinajstić information content (AvgIpc) is 3.28. The zero-order valence-electron chi connectivity index (χ0n) is 16.9. The molecule has 3 heterocycles. The van der Waals surface area contributed by atoms with Crippen LogP contribution in [0.15, 0.2) is 32.3 Å². The van der Waals surface area contributed by atoms with E-state index in [1.165, 1.54) is 30.7 Å². The minimum Gasteiger partial charge on any atom is -0.384 e. The van der Waals surface area contributed by atoms with Gasteiger partial charge in [0.25, 0.3) is 5.56 Å². The van der Waals surface area contributed by atoms with Crippen molar-refractivity contribution in [3.63, 3.8) is 0 Å². The van der Waals surface area contributed by atoms with Gasteiger partial charge in [-0.05, 0) is 31.2 Å². The fourth-order valence-corrected chi connectivity index (χ4v) is 4.98. The van der Waals surface area contributed by atoms with Crippen molar-refractivity contribution in [3.05, 3.63) is 54.6 Å². The van der Waals surface area contributed by atoms with Crippen LogP contribution in [0.5, 0.6) is 0 Å². The van der Waals surface area contributed by atoms with E-state index in [1.807, 2.05) is 11.4 Å². The number of carbonyl (C=O) groups is 1. The number of hydrogen-bond acceptors (Lipinski definition) is 8. The quantitative estimate of drug-likeness (QED) is 0.433. The number of aromatic nitrogens is 5. The Bertz CT molecular complexity index is 1220. The van der Waals surface area contributed by atoms with Gasteiger partial charge in [0.05, 0.1) is 5.25 Å². The van der Waals surface area contributed by atoms with Gasteiger partial charge in [0.1, 0.15) is 17.2 Å². The third kappa shape index (κ3) is 3.63. The number of thioether (sulfide) groups is 1. The summed E-state index contributed by atoms with van der Waals surface area (Å²) in [6.45, 7) is 1.71. The molecule has 1 fully saturated rings. The van der Waals surface area contributed by atoms with Gasteiger partial charge in [-0.15, -0.1) is 21.5 Å². The molecule has 1 saturated carbocycles. The van der Waals surface area contributed by atoms with E-state index < -0.39 is 22.3 Å². The van der Waals surface area contributed by atoms with Crippen LogP contribution in [0.3, 0.4) is 0 Å². The second-order valence-electron chi connectivity index (χ2n) is 7.35. The van der Waals surface area contributed by atoms with Crippen molar-refractivity contribution in [2.45, 2.75) is 42.6 Å². The molecule has 30 heavy (non-hydrogen) atoms. The number of carbonyl (C=O) groups excluding carboxylic acids is 1. The molecule has 3 aromatic rings. The number of hydrogen-bond donors (Lipinski definition) is 1. The Morgan fingerprint density at radius 3 is 2.67 bits per heavy atom. The van der Waals surface area contributed by atoms with Crippen LogP contribution in [0.2, 0.25) is 0 Å². The van der Waals surface area contributed by atoms with Crippen LogP contribution in [-0.4, -0.2) is 34.9 Å². The SMILES string of the molecule is CC(Sc1nnc(Cc2cccs2)n1C1CC1)C(=O)c1c(N)n(C)c(=O)n(C)c1=O. The highest BCUT2D eigenvalue weighted by molar-refractivity contribution is 8.00. The lowest BCUT2D eigenvalue weighted by atomic mass is 10.1. The molecule has 0 aliphatic heterocycles. The number of anilines is 1. The summed E-state index contributed by atoms with van der Waals surface area (Å²) in [5, 5.41) is 10.8. The number of ketones is 1. The summed E-state index contributed by atoms with van der Waals surface area (Å²) in [4.78, 5) is 38.8. The Balaban J connectivity index is 1.63. The molecule has 1 unspecified atom stereocenters. The van der Waals surface area contributed by atoms with Gasteiger partial charge in [0.2, 0.25) is 0 Å². The first kappa shape index (κ1) is 20.6. The van der Waals surface area contributed by atoms with Gasteiger partial charge in [-0.2, -0.15) is 0 Å². The van der Waals surface area contributed by atoms with Crippen molar-refractivity contribution >= 4 is 34.7 Å². The Hall–Kier alpha value is -2.66. The van der Waals surface area contributed by atoms with Gasteiger partial charge in [-0.25, -0.2) is 4.79 Å². The molecule has 0 amide bonds. The van der Waals surface area contributed by atoms with Gasteiger partial charge in [-0.3, -0.25) is 18.7 Å². The predicted molar refractivity (Wildman–Crippen MR) is 116 cm³/mol. The highest BCUT2D eigenvalue weighted by Crippen LogP contribution is 2.40. The first-order chi connectivity index (χ1) is 14.3. The van der Waals surface area contributed by atoms with Crippen molar-refractivity contribution in [2.75, 3.05) is 5.73 Å². The second-order valence-corrected chi connectivity index (χ2v) is 9.69.